The second kappa shape index (κ2) is 5.21. The smallest absolute Gasteiger partial charge is 0.220 e. The Balaban J connectivity index is 2.12. The van der Waals surface area contributed by atoms with Gasteiger partial charge in [0, 0.05) is 18.4 Å². The lowest BCUT2D eigenvalue weighted by Crippen LogP contribution is -2.24. The summed E-state index contributed by atoms with van der Waals surface area (Å²) in [5.74, 6) is 1.31. The molecule has 2 unspecified atom stereocenters. The highest BCUT2D eigenvalue weighted by Gasteiger charge is 2.30. The van der Waals surface area contributed by atoms with E-state index >= 15 is 0 Å². The molecule has 3 nitrogen and oxygen atoms in total. The number of carbonyl (C=O) groups excluding carboxylic acids is 1. The maximum Gasteiger partial charge on any atom is 0.220 e. The van der Waals surface area contributed by atoms with Crippen LogP contribution in [0.4, 0.5) is 0 Å². The van der Waals surface area contributed by atoms with Gasteiger partial charge in [-0.05, 0) is 31.0 Å². The van der Waals surface area contributed by atoms with Gasteiger partial charge in [-0.3, -0.25) is 4.79 Å². The Morgan fingerprint density at radius 3 is 2.94 bits per heavy atom. The molecule has 1 aliphatic heterocycles. The molecule has 0 spiro atoms. The molecule has 2 rings (SSSR count). The van der Waals surface area contributed by atoms with E-state index in [-0.39, 0.29) is 17.9 Å². The molecule has 0 aromatic heterocycles. The molecule has 1 aliphatic rings. The topological polar surface area (TPSA) is 38.3 Å². The lowest BCUT2D eigenvalue weighted by atomic mass is 9.93. The van der Waals surface area contributed by atoms with E-state index < -0.39 is 0 Å². The fourth-order valence-electron chi connectivity index (χ4n) is 2.25. The van der Waals surface area contributed by atoms with Gasteiger partial charge in [0.25, 0.3) is 0 Å². The summed E-state index contributed by atoms with van der Waals surface area (Å²) < 4.78 is 5.61. The zero-order chi connectivity index (χ0) is 12.3. The Morgan fingerprint density at radius 2 is 2.29 bits per heavy atom. The van der Waals surface area contributed by atoms with E-state index in [2.05, 4.69) is 31.3 Å². The summed E-state index contributed by atoms with van der Waals surface area (Å²) in [4.78, 5) is 11.4. The van der Waals surface area contributed by atoms with Gasteiger partial charge >= 0.3 is 0 Å². The van der Waals surface area contributed by atoms with Crippen LogP contribution in [0.5, 0.6) is 5.75 Å². The summed E-state index contributed by atoms with van der Waals surface area (Å²) >= 11 is 0. The van der Waals surface area contributed by atoms with Crippen molar-refractivity contribution in [3.8, 4) is 5.75 Å². The van der Waals surface area contributed by atoms with Crippen LogP contribution in [0.15, 0.2) is 24.3 Å². The van der Waals surface area contributed by atoms with E-state index in [0.717, 1.165) is 18.8 Å². The fourth-order valence-corrected chi connectivity index (χ4v) is 2.25. The van der Waals surface area contributed by atoms with Gasteiger partial charge in [-0.25, -0.2) is 0 Å². The first kappa shape index (κ1) is 12.0. The average Bonchev–Trinajstić information content (AvgIpc) is 2.66. The van der Waals surface area contributed by atoms with E-state index in [1.807, 2.05) is 12.1 Å². The molecule has 1 fully saturated rings. The fraction of sp³-hybridized carbons (Fsp3) is 0.500. The molecule has 0 bridgehead atoms. The van der Waals surface area contributed by atoms with Gasteiger partial charge in [0.05, 0.1) is 6.61 Å². The van der Waals surface area contributed by atoms with Crippen LogP contribution in [-0.2, 0) is 4.79 Å². The Bertz CT molecular complexity index is 403. The lowest BCUT2D eigenvalue weighted by molar-refractivity contribution is -0.119. The first-order valence-corrected chi connectivity index (χ1v) is 6.23. The minimum absolute atomic E-state index is 0.141. The summed E-state index contributed by atoms with van der Waals surface area (Å²) in [5, 5.41) is 2.95. The molecule has 1 saturated heterocycles. The van der Waals surface area contributed by atoms with Crippen molar-refractivity contribution in [3.05, 3.63) is 29.8 Å². The Kier molecular flexibility index (Phi) is 3.67. The highest BCUT2D eigenvalue weighted by Crippen LogP contribution is 2.30. The van der Waals surface area contributed by atoms with Gasteiger partial charge in [0.15, 0.2) is 0 Å². The SMILES string of the molecule is CCCOc1cccc(C2CC(=O)NC2C)c1. The normalized spacial score (nSPS) is 23.5. The molecule has 92 valence electrons. The minimum Gasteiger partial charge on any atom is -0.494 e. The number of amides is 1. The van der Waals surface area contributed by atoms with Gasteiger partial charge in [0.1, 0.15) is 5.75 Å². The molecule has 3 heteroatoms. The highest BCUT2D eigenvalue weighted by atomic mass is 16.5. The maximum absolute atomic E-state index is 11.4. The van der Waals surface area contributed by atoms with Crippen LogP contribution < -0.4 is 10.1 Å². The molecule has 1 aromatic carbocycles. The van der Waals surface area contributed by atoms with Crippen molar-refractivity contribution >= 4 is 5.91 Å². The summed E-state index contributed by atoms with van der Waals surface area (Å²) in [6.45, 7) is 4.88. The molecule has 0 radical (unpaired) electrons. The second-order valence-electron chi connectivity index (χ2n) is 4.59. The van der Waals surface area contributed by atoms with Crippen molar-refractivity contribution in [1.29, 1.82) is 0 Å². The van der Waals surface area contributed by atoms with Gasteiger partial charge in [-0.2, -0.15) is 0 Å². The summed E-state index contributed by atoms with van der Waals surface area (Å²) in [6, 6.07) is 8.30. The van der Waals surface area contributed by atoms with Crippen LogP contribution in [0.3, 0.4) is 0 Å². The minimum atomic E-state index is 0.141. The third-order valence-corrected chi connectivity index (χ3v) is 3.16. The van der Waals surface area contributed by atoms with Crippen LogP contribution in [0.2, 0.25) is 0 Å². The third-order valence-electron chi connectivity index (χ3n) is 3.16. The van der Waals surface area contributed by atoms with Gasteiger partial charge in [0.2, 0.25) is 5.91 Å². The van der Waals surface area contributed by atoms with Crippen LogP contribution in [0.25, 0.3) is 0 Å². The first-order chi connectivity index (χ1) is 8.20. The molecule has 1 amide bonds. The molecule has 2 atom stereocenters. The van der Waals surface area contributed by atoms with Crippen LogP contribution in [0.1, 0.15) is 38.2 Å². The number of benzene rings is 1. The Morgan fingerprint density at radius 1 is 1.47 bits per heavy atom. The summed E-state index contributed by atoms with van der Waals surface area (Å²) in [5.41, 5.74) is 1.18. The quantitative estimate of drug-likeness (QED) is 0.867. The highest BCUT2D eigenvalue weighted by molar-refractivity contribution is 5.80. The van der Waals surface area contributed by atoms with Gasteiger partial charge in [-0.15, -0.1) is 0 Å². The van der Waals surface area contributed by atoms with Crippen molar-refractivity contribution in [2.75, 3.05) is 6.61 Å². The average molecular weight is 233 g/mol. The first-order valence-electron chi connectivity index (χ1n) is 6.23. The number of hydrogen-bond acceptors (Lipinski definition) is 2. The monoisotopic (exact) mass is 233 g/mol. The molecule has 1 N–H and O–H groups in total. The van der Waals surface area contributed by atoms with E-state index in [1.54, 1.807) is 0 Å². The second-order valence-corrected chi connectivity index (χ2v) is 4.59. The standard InChI is InChI=1S/C14H19NO2/c1-3-7-17-12-6-4-5-11(8-12)13-9-14(16)15-10(13)2/h4-6,8,10,13H,3,7,9H2,1-2H3,(H,15,16). The summed E-state index contributed by atoms with van der Waals surface area (Å²) in [6.07, 6.45) is 1.59. The number of carbonyl (C=O) groups is 1. The molecular weight excluding hydrogens is 214 g/mol. The van der Waals surface area contributed by atoms with E-state index in [4.69, 9.17) is 4.74 Å². The lowest BCUT2D eigenvalue weighted by Gasteiger charge is -2.15. The van der Waals surface area contributed by atoms with E-state index in [0.29, 0.717) is 6.42 Å². The molecule has 17 heavy (non-hydrogen) atoms. The Hall–Kier alpha value is -1.51. The molecule has 1 heterocycles. The van der Waals surface area contributed by atoms with Crippen molar-refractivity contribution < 1.29 is 9.53 Å². The summed E-state index contributed by atoms with van der Waals surface area (Å²) in [7, 11) is 0. The Labute approximate surface area is 102 Å². The van der Waals surface area contributed by atoms with Gasteiger partial charge in [-0.1, -0.05) is 19.1 Å². The molecular formula is C14H19NO2. The molecule has 0 aliphatic carbocycles. The largest absolute Gasteiger partial charge is 0.494 e. The zero-order valence-corrected chi connectivity index (χ0v) is 10.4. The van der Waals surface area contributed by atoms with Crippen molar-refractivity contribution in [3.63, 3.8) is 0 Å². The van der Waals surface area contributed by atoms with Crippen molar-refractivity contribution in [2.45, 2.75) is 38.6 Å². The predicted octanol–water partition coefficient (Wildman–Crippen LogP) is 2.47. The number of nitrogens with one attached hydrogen (secondary N) is 1. The number of hydrogen-bond donors (Lipinski definition) is 1. The van der Waals surface area contributed by atoms with Crippen LogP contribution in [-0.4, -0.2) is 18.6 Å². The van der Waals surface area contributed by atoms with Crippen LogP contribution >= 0.6 is 0 Å². The molecule has 0 saturated carbocycles. The van der Waals surface area contributed by atoms with E-state index in [1.165, 1.54) is 5.56 Å². The predicted molar refractivity (Wildman–Crippen MR) is 67.2 cm³/mol. The number of ether oxygens (including phenoxy) is 1. The molecule has 1 aromatic rings. The van der Waals surface area contributed by atoms with Crippen LogP contribution in [0, 0.1) is 0 Å². The van der Waals surface area contributed by atoms with E-state index in [9.17, 15) is 4.79 Å². The van der Waals surface area contributed by atoms with Crippen molar-refractivity contribution in [1.82, 2.24) is 5.32 Å². The van der Waals surface area contributed by atoms with Crippen molar-refractivity contribution in [2.24, 2.45) is 0 Å². The van der Waals surface area contributed by atoms with Gasteiger partial charge < -0.3 is 10.1 Å². The zero-order valence-electron chi connectivity index (χ0n) is 10.4. The maximum atomic E-state index is 11.4. The number of rotatable bonds is 4. The third kappa shape index (κ3) is 2.78.